The van der Waals surface area contributed by atoms with Gasteiger partial charge in [-0.05, 0) is 67.6 Å². The highest BCUT2D eigenvalue weighted by Crippen LogP contribution is 2.35. The third-order valence-corrected chi connectivity index (χ3v) is 9.12. The summed E-state index contributed by atoms with van der Waals surface area (Å²) in [5.41, 5.74) is 6.65. The first-order valence-corrected chi connectivity index (χ1v) is 17.2. The Bertz CT molecular complexity index is 2060. The summed E-state index contributed by atoms with van der Waals surface area (Å²) in [6, 6.07) is 14.2. The number of carbonyl (C=O) groups is 4. The summed E-state index contributed by atoms with van der Waals surface area (Å²) in [6.07, 6.45) is 7.22. The number of nitrogens with zero attached hydrogens (tertiary/aromatic N) is 4. The van der Waals surface area contributed by atoms with Crippen LogP contribution in [-0.2, 0) is 18.9 Å². The standard InChI is InChI=1S/C39H43N7O6/c1-24-15-30-20-41-32-19-35(25(2)16-31(32)39(51)46(30)21-24)52-14-5-7-36(48)42-29-18-34(45(4)23-29)38(50)43-28-10-8-26(9-11-28)27-17-33(44(3)22-27)37(49)40-12-6-13-47/h8-11,16-20,22-23,30,47H,1,5-7,12-15,21H2,2-4H3,(H,40,49)(H,42,48)(H,43,50). The van der Waals surface area contributed by atoms with E-state index in [0.29, 0.717) is 72.3 Å². The van der Waals surface area contributed by atoms with E-state index in [9.17, 15) is 19.2 Å². The number of amides is 4. The molecule has 270 valence electrons. The molecule has 2 aromatic heterocycles. The second kappa shape index (κ2) is 15.5. The fourth-order valence-corrected chi connectivity index (χ4v) is 6.37. The lowest BCUT2D eigenvalue weighted by Crippen LogP contribution is -2.35. The number of aliphatic hydroxyl groups is 1. The van der Waals surface area contributed by atoms with E-state index in [1.807, 2.05) is 31.3 Å². The third-order valence-electron chi connectivity index (χ3n) is 9.12. The summed E-state index contributed by atoms with van der Waals surface area (Å²) in [6.45, 7) is 7.15. The van der Waals surface area contributed by atoms with E-state index < -0.39 is 0 Å². The molecule has 4 aromatic rings. The van der Waals surface area contributed by atoms with Crippen LogP contribution in [0.3, 0.4) is 0 Å². The molecular formula is C39H43N7O6. The van der Waals surface area contributed by atoms with Crippen LogP contribution in [0.1, 0.15) is 62.6 Å². The van der Waals surface area contributed by atoms with Crippen LogP contribution in [0, 0.1) is 6.92 Å². The van der Waals surface area contributed by atoms with Crippen molar-refractivity contribution >= 4 is 46.9 Å². The highest BCUT2D eigenvalue weighted by Gasteiger charge is 2.33. The van der Waals surface area contributed by atoms with Crippen LogP contribution in [0.4, 0.5) is 17.1 Å². The van der Waals surface area contributed by atoms with Crippen LogP contribution in [0.15, 0.2) is 78.1 Å². The number of aliphatic imine (C=N–C) groups is 1. The largest absolute Gasteiger partial charge is 0.493 e. The summed E-state index contributed by atoms with van der Waals surface area (Å²) in [5, 5.41) is 17.5. The summed E-state index contributed by atoms with van der Waals surface area (Å²) in [7, 11) is 3.53. The molecule has 13 nitrogen and oxygen atoms in total. The van der Waals surface area contributed by atoms with E-state index in [1.54, 1.807) is 70.9 Å². The lowest BCUT2D eigenvalue weighted by atomic mass is 10.1. The number of benzene rings is 2. The van der Waals surface area contributed by atoms with Gasteiger partial charge in [0.2, 0.25) is 5.91 Å². The van der Waals surface area contributed by atoms with Crippen LogP contribution in [-0.4, -0.2) is 81.3 Å². The van der Waals surface area contributed by atoms with Gasteiger partial charge < -0.3 is 39.8 Å². The number of hydrogen-bond acceptors (Lipinski definition) is 7. The molecule has 0 spiro atoms. The molecule has 2 aromatic carbocycles. The van der Waals surface area contributed by atoms with Crippen molar-refractivity contribution < 1.29 is 29.0 Å². The Morgan fingerprint density at radius 3 is 2.46 bits per heavy atom. The zero-order valence-corrected chi connectivity index (χ0v) is 29.6. The molecule has 6 rings (SSSR count). The molecule has 0 saturated carbocycles. The van der Waals surface area contributed by atoms with Crippen molar-refractivity contribution in [1.29, 1.82) is 0 Å². The quantitative estimate of drug-likeness (QED) is 0.113. The Hall–Kier alpha value is -5.95. The van der Waals surface area contributed by atoms with E-state index in [0.717, 1.165) is 28.7 Å². The van der Waals surface area contributed by atoms with Gasteiger partial charge in [0.05, 0.1) is 29.6 Å². The molecule has 1 saturated heterocycles. The number of aliphatic hydroxyl groups excluding tert-OH is 1. The van der Waals surface area contributed by atoms with Gasteiger partial charge in [0, 0.05) is 76.1 Å². The molecule has 1 unspecified atom stereocenters. The first-order chi connectivity index (χ1) is 25.0. The summed E-state index contributed by atoms with van der Waals surface area (Å²) >= 11 is 0. The number of rotatable bonds is 13. The SMILES string of the molecule is C=C1CC2C=Nc3cc(OCCCC(=O)Nc4cc(C(=O)Nc5ccc(-c6cc(C(=O)NCCCO)n(C)c6)cc5)n(C)c4)c(C)cc3C(=O)N2C1. The number of fused-ring (bicyclic) bond motifs is 2. The van der Waals surface area contributed by atoms with Crippen LogP contribution in [0.5, 0.6) is 5.75 Å². The molecule has 1 fully saturated rings. The summed E-state index contributed by atoms with van der Waals surface area (Å²) in [4.78, 5) is 57.9. The fourth-order valence-electron chi connectivity index (χ4n) is 6.37. The van der Waals surface area contributed by atoms with Crippen molar-refractivity contribution in [3.8, 4) is 16.9 Å². The topological polar surface area (TPSA) is 159 Å². The normalized spacial score (nSPS) is 14.8. The number of carbonyl (C=O) groups excluding carboxylic acids is 4. The number of aryl methyl sites for hydroxylation is 3. The van der Waals surface area contributed by atoms with Crippen molar-refractivity contribution in [3.63, 3.8) is 0 Å². The third kappa shape index (κ3) is 8.00. The van der Waals surface area contributed by atoms with Gasteiger partial charge in [0.25, 0.3) is 17.7 Å². The first kappa shape index (κ1) is 35.9. The molecule has 0 aliphatic carbocycles. The van der Waals surface area contributed by atoms with Crippen LogP contribution in [0.25, 0.3) is 11.1 Å². The number of anilines is 2. The van der Waals surface area contributed by atoms with Crippen LogP contribution >= 0.6 is 0 Å². The maximum atomic E-state index is 13.1. The average Bonchev–Trinajstić information content (AvgIpc) is 3.79. The highest BCUT2D eigenvalue weighted by molar-refractivity contribution is 6.05. The summed E-state index contributed by atoms with van der Waals surface area (Å²) in [5.74, 6) is -0.197. The fraction of sp³-hybridized carbons (Fsp3) is 0.308. The molecule has 4 heterocycles. The van der Waals surface area contributed by atoms with E-state index in [1.165, 1.54) is 0 Å². The molecule has 52 heavy (non-hydrogen) atoms. The lowest BCUT2D eigenvalue weighted by Gasteiger charge is -2.20. The van der Waals surface area contributed by atoms with E-state index in [2.05, 4.69) is 27.5 Å². The highest BCUT2D eigenvalue weighted by atomic mass is 16.5. The maximum Gasteiger partial charge on any atom is 0.272 e. The molecule has 2 aliphatic rings. The Labute approximate surface area is 302 Å². The maximum absolute atomic E-state index is 13.1. The van der Waals surface area contributed by atoms with Crippen LogP contribution < -0.4 is 20.7 Å². The Kier molecular flexibility index (Phi) is 10.7. The molecule has 4 N–H and O–H groups in total. The molecule has 4 amide bonds. The second-order valence-corrected chi connectivity index (χ2v) is 13.2. The minimum absolute atomic E-state index is 0.0125. The van der Waals surface area contributed by atoms with Gasteiger partial charge in [-0.3, -0.25) is 24.2 Å². The lowest BCUT2D eigenvalue weighted by molar-refractivity contribution is -0.116. The molecule has 1 atom stereocenters. The predicted molar refractivity (Wildman–Crippen MR) is 200 cm³/mol. The summed E-state index contributed by atoms with van der Waals surface area (Å²) < 4.78 is 9.39. The van der Waals surface area contributed by atoms with E-state index >= 15 is 0 Å². The van der Waals surface area contributed by atoms with E-state index in [-0.39, 0.29) is 42.7 Å². The first-order valence-electron chi connectivity index (χ1n) is 17.2. The Morgan fingerprint density at radius 1 is 0.942 bits per heavy atom. The minimum Gasteiger partial charge on any atom is -0.493 e. The van der Waals surface area contributed by atoms with Gasteiger partial charge in [0.15, 0.2) is 0 Å². The predicted octanol–water partition coefficient (Wildman–Crippen LogP) is 4.99. The Balaban J connectivity index is 0.980. The van der Waals surface area contributed by atoms with Gasteiger partial charge in [-0.1, -0.05) is 24.3 Å². The molecule has 2 aliphatic heterocycles. The van der Waals surface area contributed by atoms with Crippen molar-refractivity contribution in [2.75, 3.05) is 36.9 Å². The van der Waals surface area contributed by atoms with Gasteiger partial charge in [-0.25, -0.2) is 0 Å². The van der Waals surface area contributed by atoms with Gasteiger partial charge in [0.1, 0.15) is 17.1 Å². The number of nitrogens with one attached hydrogen (secondary N) is 3. The van der Waals surface area contributed by atoms with Crippen molar-refractivity contribution in [3.05, 3.63) is 95.6 Å². The minimum atomic E-state index is -0.335. The van der Waals surface area contributed by atoms with Crippen LogP contribution in [0.2, 0.25) is 0 Å². The van der Waals surface area contributed by atoms with Gasteiger partial charge in [-0.2, -0.15) is 0 Å². The number of ether oxygens (including phenoxy) is 1. The van der Waals surface area contributed by atoms with Gasteiger partial charge >= 0.3 is 0 Å². The molecule has 0 radical (unpaired) electrons. The molecule has 0 bridgehead atoms. The van der Waals surface area contributed by atoms with Crippen molar-refractivity contribution in [1.82, 2.24) is 19.4 Å². The average molecular weight is 706 g/mol. The van der Waals surface area contributed by atoms with Crippen molar-refractivity contribution in [2.45, 2.75) is 38.6 Å². The molecule has 13 heteroatoms. The molecular weight excluding hydrogens is 662 g/mol. The number of aromatic nitrogens is 2. The number of hydrogen-bond donors (Lipinski definition) is 4. The smallest absolute Gasteiger partial charge is 0.272 e. The monoisotopic (exact) mass is 705 g/mol. The second-order valence-electron chi connectivity index (χ2n) is 13.2. The Morgan fingerprint density at radius 2 is 1.69 bits per heavy atom. The van der Waals surface area contributed by atoms with Gasteiger partial charge in [-0.15, -0.1) is 0 Å². The zero-order chi connectivity index (χ0) is 36.9. The van der Waals surface area contributed by atoms with Crippen molar-refractivity contribution in [2.24, 2.45) is 19.1 Å². The zero-order valence-electron chi connectivity index (χ0n) is 29.6. The van der Waals surface area contributed by atoms with E-state index in [4.69, 9.17) is 9.84 Å².